The number of rotatable bonds is 7. The van der Waals surface area contributed by atoms with E-state index in [4.69, 9.17) is 9.47 Å². The standard InChI is InChI=1S/C13H20O4/c1-3-16-13(17-4-2)12(15)9-10-6-5-7-11(14)8-10/h5-8,12-15H,3-4,9H2,1-2H3. The summed E-state index contributed by atoms with van der Waals surface area (Å²) >= 11 is 0. The number of benzene rings is 1. The number of phenolic OH excluding ortho intramolecular Hbond substituents is 1. The second kappa shape index (κ2) is 7.27. The van der Waals surface area contributed by atoms with Crippen molar-refractivity contribution < 1.29 is 19.7 Å². The van der Waals surface area contributed by atoms with Gasteiger partial charge in [0.25, 0.3) is 0 Å². The number of ether oxygens (including phenoxy) is 2. The molecule has 1 unspecified atom stereocenters. The third-order valence-electron chi connectivity index (χ3n) is 2.33. The largest absolute Gasteiger partial charge is 0.508 e. The molecule has 4 heteroatoms. The fourth-order valence-electron chi connectivity index (χ4n) is 1.62. The minimum atomic E-state index is -0.739. The SMILES string of the molecule is CCOC(OCC)C(O)Cc1cccc(O)c1. The summed E-state index contributed by atoms with van der Waals surface area (Å²) in [5.41, 5.74) is 0.849. The van der Waals surface area contributed by atoms with Crippen molar-refractivity contribution in [2.45, 2.75) is 32.7 Å². The Labute approximate surface area is 102 Å². The van der Waals surface area contributed by atoms with Crippen LogP contribution in [0.15, 0.2) is 24.3 Å². The van der Waals surface area contributed by atoms with Crippen molar-refractivity contribution in [3.8, 4) is 5.75 Å². The molecule has 1 atom stereocenters. The maximum atomic E-state index is 9.98. The number of aromatic hydroxyl groups is 1. The first-order valence-corrected chi connectivity index (χ1v) is 5.86. The van der Waals surface area contributed by atoms with Crippen LogP contribution in [0.5, 0.6) is 5.75 Å². The number of hydrogen-bond acceptors (Lipinski definition) is 4. The lowest BCUT2D eigenvalue weighted by Gasteiger charge is -2.22. The molecule has 0 amide bonds. The van der Waals surface area contributed by atoms with E-state index >= 15 is 0 Å². The van der Waals surface area contributed by atoms with Gasteiger partial charge in [-0.3, -0.25) is 0 Å². The summed E-state index contributed by atoms with van der Waals surface area (Å²) < 4.78 is 10.6. The van der Waals surface area contributed by atoms with Gasteiger partial charge in [0.1, 0.15) is 11.9 Å². The Morgan fingerprint density at radius 3 is 2.35 bits per heavy atom. The molecule has 2 N–H and O–H groups in total. The summed E-state index contributed by atoms with van der Waals surface area (Å²) in [6.07, 6.45) is -0.969. The monoisotopic (exact) mass is 240 g/mol. The first-order valence-electron chi connectivity index (χ1n) is 5.86. The smallest absolute Gasteiger partial charge is 0.183 e. The first-order chi connectivity index (χ1) is 8.17. The maximum absolute atomic E-state index is 9.98. The van der Waals surface area contributed by atoms with Crippen LogP contribution in [0.2, 0.25) is 0 Å². The van der Waals surface area contributed by atoms with Gasteiger partial charge in [-0.2, -0.15) is 0 Å². The van der Waals surface area contributed by atoms with E-state index in [1.165, 1.54) is 0 Å². The molecular formula is C13H20O4. The van der Waals surface area contributed by atoms with Crippen molar-refractivity contribution in [2.24, 2.45) is 0 Å². The molecule has 0 radical (unpaired) electrons. The maximum Gasteiger partial charge on any atom is 0.183 e. The number of phenols is 1. The molecule has 1 rings (SSSR count). The normalized spacial score (nSPS) is 12.9. The van der Waals surface area contributed by atoms with E-state index in [9.17, 15) is 10.2 Å². The Kier molecular flexibility index (Phi) is 5.97. The minimum absolute atomic E-state index is 0.194. The molecule has 0 aromatic heterocycles. The lowest BCUT2D eigenvalue weighted by atomic mass is 10.1. The average Bonchev–Trinajstić information content (AvgIpc) is 2.28. The van der Waals surface area contributed by atoms with Crippen molar-refractivity contribution in [1.29, 1.82) is 0 Å². The van der Waals surface area contributed by atoms with Gasteiger partial charge < -0.3 is 19.7 Å². The van der Waals surface area contributed by atoms with E-state index < -0.39 is 12.4 Å². The topological polar surface area (TPSA) is 58.9 Å². The number of hydrogen-bond donors (Lipinski definition) is 2. The summed E-state index contributed by atoms with van der Waals surface area (Å²) in [6.45, 7) is 4.68. The second-order valence-corrected chi connectivity index (χ2v) is 3.72. The van der Waals surface area contributed by atoms with Crippen molar-refractivity contribution in [2.75, 3.05) is 13.2 Å². The van der Waals surface area contributed by atoms with E-state index in [1.807, 2.05) is 19.9 Å². The lowest BCUT2D eigenvalue weighted by Crippen LogP contribution is -2.33. The molecule has 0 fully saturated rings. The highest BCUT2D eigenvalue weighted by Gasteiger charge is 2.20. The Hall–Kier alpha value is -1.10. The van der Waals surface area contributed by atoms with Crippen LogP contribution in [0.1, 0.15) is 19.4 Å². The lowest BCUT2D eigenvalue weighted by molar-refractivity contribution is -0.188. The van der Waals surface area contributed by atoms with Crippen molar-refractivity contribution in [3.63, 3.8) is 0 Å². The highest BCUT2D eigenvalue weighted by atomic mass is 16.7. The van der Waals surface area contributed by atoms with Crippen LogP contribution in [-0.2, 0) is 15.9 Å². The molecule has 0 aliphatic carbocycles. The molecule has 1 aromatic carbocycles. The van der Waals surface area contributed by atoms with Gasteiger partial charge in [-0.1, -0.05) is 12.1 Å². The molecule has 96 valence electrons. The first kappa shape index (κ1) is 14.0. The summed E-state index contributed by atoms with van der Waals surface area (Å²) in [6, 6.07) is 6.81. The third-order valence-corrected chi connectivity index (χ3v) is 2.33. The predicted molar refractivity (Wildman–Crippen MR) is 64.9 cm³/mol. The van der Waals surface area contributed by atoms with Gasteiger partial charge in [0, 0.05) is 19.6 Å². The molecule has 4 nitrogen and oxygen atoms in total. The van der Waals surface area contributed by atoms with Gasteiger partial charge in [-0.15, -0.1) is 0 Å². The molecular weight excluding hydrogens is 220 g/mol. The van der Waals surface area contributed by atoms with Crippen LogP contribution in [0.4, 0.5) is 0 Å². The van der Waals surface area contributed by atoms with E-state index in [-0.39, 0.29) is 5.75 Å². The minimum Gasteiger partial charge on any atom is -0.508 e. The predicted octanol–water partition coefficient (Wildman–Crippen LogP) is 1.69. The van der Waals surface area contributed by atoms with E-state index in [1.54, 1.807) is 18.2 Å². The summed E-state index contributed by atoms with van der Waals surface area (Å²) in [4.78, 5) is 0. The Morgan fingerprint density at radius 1 is 1.18 bits per heavy atom. The van der Waals surface area contributed by atoms with Gasteiger partial charge in [0.05, 0.1) is 0 Å². The fourth-order valence-corrected chi connectivity index (χ4v) is 1.62. The molecule has 0 spiro atoms. The molecule has 17 heavy (non-hydrogen) atoms. The van der Waals surface area contributed by atoms with E-state index in [2.05, 4.69) is 0 Å². The van der Waals surface area contributed by atoms with Gasteiger partial charge in [0.15, 0.2) is 6.29 Å². The molecule has 0 heterocycles. The zero-order chi connectivity index (χ0) is 12.7. The quantitative estimate of drug-likeness (QED) is 0.712. The molecule has 0 bridgehead atoms. The number of aliphatic hydroxyl groups excluding tert-OH is 1. The van der Waals surface area contributed by atoms with Crippen LogP contribution in [-0.4, -0.2) is 35.8 Å². The van der Waals surface area contributed by atoms with Crippen LogP contribution >= 0.6 is 0 Å². The highest BCUT2D eigenvalue weighted by Crippen LogP contribution is 2.15. The number of aliphatic hydroxyl groups is 1. The summed E-state index contributed by atoms with van der Waals surface area (Å²) in [7, 11) is 0. The molecule has 0 aliphatic heterocycles. The zero-order valence-corrected chi connectivity index (χ0v) is 10.3. The van der Waals surface area contributed by atoms with Gasteiger partial charge in [-0.25, -0.2) is 0 Å². The van der Waals surface area contributed by atoms with E-state index in [0.717, 1.165) is 5.56 Å². The van der Waals surface area contributed by atoms with Crippen molar-refractivity contribution >= 4 is 0 Å². The van der Waals surface area contributed by atoms with E-state index in [0.29, 0.717) is 19.6 Å². The van der Waals surface area contributed by atoms with Crippen LogP contribution in [0.25, 0.3) is 0 Å². The molecule has 0 saturated heterocycles. The Morgan fingerprint density at radius 2 is 1.82 bits per heavy atom. The molecule has 0 saturated carbocycles. The van der Waals surface area contributed by atoms with Gasteiger partial charge in [-0.05, 0) is 31.5 Å². The highest BCUT2D eigenvalue weighted by molar-refractivity contribution is 5.27. The summed E-state index contributed by atoms with van der Waals surface area (Å²) in [5.74, 6) is 0.194. The molecule has 1 aromatic rings. The molecule has 0 aliphatic rings. The fraction of sp³-hybridized carbons (Fsp3) is 0.538. The van der Waals surface area contributed by atoms with Crippen LogP contribution < -0.4 is 0 Å². The van der Waals surface area contributed by atoms with Crippen molar-refractivity contribution in [1.82, 2.24) is 0 Å². The van der Waals surface area contributed by atoms with Crippen LogP contribution in [0, 0.1) is 0 Å². The Balaban J connectivity index is 2.59. The zero-order valence-electron chi connectivity index (χ0n) is 10.3. The summed E-state index contributed by atoms with van der Waals surface area (Å²) in [5, 5.41) is 19.3. The average molecular weight is 240 g/mol. The third kappa shape index (κ3) is 4.73. The van der Waals surface area contributed by atoms with Crippen molar-refractivity contribution in [3.05, 3.63) is 29.8 Å². The van der Waals surface area contributed by atoms with Crippen LogP contribution in [0.3, 0.4) is 0 Å². The second-order valence-electron chi connectivity index (χ2n) is 3.72. The Bertz CT molecular complexity index is 321. The van der Waals surface area contributed by atoms with Gasteiger partial charge in [0.2, 0.25) is 0 Å². The van der Waals surface area contributed by atoms with Gasteiger partial charge >= 0.3 is 0 Å².